The minimum Gasteiger partial charge on any atom is -0.327 e. The van der Waals surface area contributed by atoms with E-state index in [9.17, 15) is 0 Å². The van der Waals surface area contributed by atoms with Crippen LogP contribution in [-0.4, -0.2) is 6.04 Å². The van der Waals surface area contributed by atoms with Gasteiger partial charge in [0.15, 0.2) is 0 Å². The van der Waals surface area contributed by atoms with E-state index in [0.29, 0.717) is 6.04 Å². The Morgan fingerprint density at radius 2 is 1.92 bits per heavy atom. The van der Waals surface area contributed by atoms with E-state index < -0.39 is 0 Å². The Balaban J connectivity index is 2.19. The summed E-state index contributed by atoms with van der Waals surface area (Å²) in [6.45, 7) is 6.92. The van der Waals surface area contributed by atoms with Crippen LogP contribution < -0.4 is 5.73 Å². The molecule has 78 valence electrons. The Hall–Kier alpha value is -0.0400. The highest BCUT2D eigenvalue weighted by atomic mass is 14.7. The first-order valence-electron chi connectivity index (χ1n) is 5.85. The molecule has 0 heterocycles. The van der Waals surface area contributed by atoms with Gasteiger partial charge in [0, 0.05) is 6.04 Å². The molecule has 1 fully saturated rings. The van der Waals surface area contributed by atoms with Gasteiger partial charge in [0.1, 0.15) is 0 Å². The highest BCUT2D eigenvalue weighted by molar-refractivity contribution is 4.81. The van der Waals surface area contributed by atoms with Crippen LogP contribution in [0.3, 0.4) is 0 Å². The summed E-state index contributed by atoms with van der Waals surface area (Å²) in [7, 11) is 0. The molecule has 3 atom stereocenters. The molecule has 1 heteroatoms. The molecule has 0 saturated heterocycles. The van der Waals surface area contributed by atoms with E-state index in [2.05, 4.69) is 20.8 Å². The molecule has 1 saturated carbocycles. The second kappa shape index (κ2) is 4.99. The summed E-state index contributed by atoms with van der Waals surface area (Å²) in [6.07, 6.45) is 6.68. The van der Waals surface area contributed by atoms with Crippen molar-refractivity contribution in [2.24, 2.45) is 23.5 Å². The van der Waals surface area contributed by atoms with Gasteiger partial charge in [-0.05, 0) is 43.4 Å². The van der Waals surface area contributed by atoms with Crippen molar-refractivity contribution in [1.29, 1.82) is 0 Å². The van der Waals surface area contributed by atoms with Crippen molar-refractivity contribution in [3.05, 3.63) is 0 Å². The predicted octanol–water partition coefficient (Wildman–Crippen LogP) is 3.19. The Morgan fingerprint density at radius 3 is 2.38 bits per heavy atom. The first-order valence-corrected chi connectivity index (χ1v) is 5.85. The van der Waals surface area contributed by atoms with Crippen LogP contribution in [0.5, 0.6) is 0 Å². The lowest BCUT2D eigenvalue weighted by atomic mass is 9.92. The molecule has 0 bridgehead atoms. The first-order chi connectivity index (χ1) is 6.09. The van der Waals surface area contributed by atoms with E-state index in [1.807, 2.05) is 0 Å². The molecule has 3 unspecified atom stereocenters. The average molecular weight is 183 g/mol. The van der Waals surface area contributed by atoms with Gasteiger partial charge in [-0.2, -0.15) is 0 Å². The van der Waals surface area contributed by atoms with Gasteiger partial charge in [0.2, 0.25) is 0 Å². The summed E-state index contributed by atoms with van der Waals surface area (Å²) in [4.78, 5) is 0. The zero-order valence-electron chi connectivity index (χ0n) is 9.42. The average Bonchev–Trinajstić information content (AvgIpc) is 2.47. The highest BCUT2D eigenvalue weighted by Crippen LogP contribution is 2.33. The summed E-state index contributed by atoms with van der Waals surface area (Å²) in [6, 6.07) is 0.479. The third kappa shape index (κ3) is 3.68. The van der Waals surface area contributed by atoms with E-state index in [-0.39, 0.29) is 0 Å². The fourth-order valence-electron chi connectivity index (χ4n) is 2.40. The minimum absolute atomic E-state index is 0.479. The fraction of sp³-hybridized carbons (Fsp3) is 1.00. The number of hydrogen-bond acceptors (Lipinski definition) is 1. The van der Waals surface area contributed by atoms with E-state index in [4.69, 9.17) is 5.73 Å². The minimum atomic E-state index is 0.479. The smallest absolute Gasteiger partial charge is 0.00673 e. The van der Waals surface area contributed by atoms with Crippen LogP contribution in [0.4, 0.5) is 0 Å². The molecule has 1 nitrogen and oxygen atoms in total. The topological polar surface area (TPSA) is 26.0 Å². The Kier molecular flexibility index (Phi) is 4.24. The zero-order valence-corrected chi connectivity index (χ0v) is 9.42. The molecule has 0 aromatic carbocycles. The third-order valence-electron chi connectivity index (χ3n) is 3.42. The molecule has 0 aromatic rings. The van der Waals surface area contributed by atoms with E-state index >= 15 is 0 Å². The van der Waals surface area contributed by atoms with Gasteiger partial charge in [-0.1, -0.05) is 27.2 Å². The molecule has 0 spiro atoms. The predicted molar refractivity (Wildman–Crippen MR) is 58.6 cm³/mol. The Labute approximate surface area is 83.1 Å². The van der Waals surface area contributed by atoms with Crippen molar-refractivity contribution in [2.45, 2.75) is 58.9 Å². The third-order valence-corrected chi connectivity index (χ3v) is 3.42. The molecule has 1 aliphatic rings. The van der Waals surface area contributed by atoms with Crippen molar-refractivity contribution < 1.29 is 0 Å². The highest BCUT2D eigenvalue weighted by Gasteiger charge is 2.26. The van der Waals surface area contributed by atoms with Crippen molar-refractivity contribution in [2.75, 3.05) is 0 Å². The number of nitrogens with two attached hydrogens (primary N) is 1. The lowest BCUT2D eigenvalue weighted by Crippen LogP contribution is -2.28. The van der Waals surface area contributed by atoms with E-state index in [1.165, 1.54) is 32.1 Å². The van der Waals surface area contributed by atoms with Crippen molar-refractivity contribution in [3.63, 3.8) is 0 Å². The van der Waals surface area contributed by atoms with Gasteiger partial charge < -0.3 is 5.73 Å². The van der Waals surface area contributed by atoms with Crippen LogP contribution in [0.1, 0.15) is 52.9 Å². The molecule has 0 aromatic heterocycles. The van der Waals surface area contributed by atoms with Crippen LogP contribution in [0, 0.1) is 17.8 Å². The molecular formula is C12H25N. The van der Waals surface area contributed by atoms with Crippen molar-refractivity contribution in [1.82, 2.24) is 0 Å². The maximum Gasteiger partial charge on any atom is 0.00673 e. The summed E-state index contributed by atoms with van der Waals surface area (Å²) >= 11 is 0. The quantitative estimate of drug-likeness (QED) is 0.711. The zero-order chi connectivity index (χ0) is 9.84. The first kappa shape index (κ1) is 11.0. The Bertz CT molecular complexity index is 142. The summed E-state index contributed by atoms with van der Waals surface area (Å²) < 4.78 is 0. The van der Waals surface area contributed by atoms with Gasteiger partial charge in [-0.3, -0.25) is 0 Å². The second-order valence-corrected chi connectivity index (χ2v) is 5.31. The van der Waals surface area contributed by atoms with Gasteiger partial charge in [0.05, 0.1) is 0 Å². The fourth-order valence-corrected chi connectivity index (χ4v) is 2.40. The monoisotopic (exact) mass is 183 g/mol. The largest absolute Gasteiger partial charge is 0.327 e. The molecule has 0 aliphatic heterocycles. The van der Waals surface area contributed by atoms with E-state index in [1.54, 1.807) is 0 Å². The molecule has 13 heavy (non-hydrogen) atoms. The maximum absolute atomic E-state index is 6.19. The van der Waals surface area contributed by atoms with Crippen molar-refractivity contribution in [3.8, 4) is 0 Å². The van der Waals surface area contributed by atoms with Crippen LogP contribution >= 0.6 is 0 Å². The number of hydrogen-bond donors (Lipinski definition) is 1. The second-order valence-electron chi connectivity index (χ2n) is 5.31. The summed E-state index contributed by atoms with van der Waals surface area (Å²) in [5, 5.41) is 0. The van der Waals surface area contributed by atoms with Gasteiger partial charge in [-0.25, -0.2) is 0 Å². The van der Waals surface area contributed by atoms with E-state index in [0.717, 1.165) is 17.8 Å². The van der Waals surface area contributed by atoms with Crippen LogP contribution in [0.25, 0.3) is 0 Å². The van der Waals surface area contributed by atoms with Gasteiger partial charge >= 0.3 is 0 Å². The molecule has 0 amide bonds. The van der Waals surface area contributed by atoms with Crippen LogP contribution in [0.2, 0.25) is 0 Å². The normalized spacial score (nSPS) is 31.2. The van der Waals surface area contributed by atoms with Crippen LogP contribution in [-0.2, 0) is 0 Å². The standard InChI is InChI=1S/C12H25N/c1-9(2)4-7-12(13)11-6-5-10(3)8-11/h9-12H,4-8,13H2,1-3H3. The maximum atomic E-state index is 6.19. The molecule has 1 aliphatic carbocycles. The Morgan fingerprint density at radius 1 is 1.23 bits per heavy atom. The lowest BCUT2D eigenvalue weighted by molar-refractivity contribution is 0.371. The summed E-state index contributed by atoms with van der Waals surface area (Å²) in [5.74, 6) is 2.56. The molecule has 1 rings (SSSR count). The molecule has 2 N–H and O–H groups in total. The lowest BCUT2D eigenvalue weighted by Gasteiger charge is -2.19. The van der Waals surface area contributed by atoms with Crippen LogP contribution in [0.15, 0.2) is 0 Å². The number of rotatable bonds is 4. The van der Waals surface area contributed by atoms with Gasteiger partial charge in [-0.15, -0.1) is 0 Å². The van der Waals surface area contributed by atoms with Crippen molar-refractivity contribution >= 4 is 0 Å². The molecule has 0 radical (unpaired) electrons. The SMILES string of the molecule is CC(C)CCC(N)C1CCC(C)C1. The van der Waals surface area contributed by atoms with Gasteiger partial charge in [0.25, 0.3) is 0 Å². The molecular weight excluding hydrogens is 158 g/mol. The summed E-state index contributed by atoms with van der Waals surface area (Å²) in [5.41, 5.74) is 6.19.